The molecule has 4 nitrogen and oxygen atoms in total. The Bertz CT molecular complexity index is 613. The molecule has 0 N–H and O–H groups in total. The van der Waals surface area contributed by atoms with Crippen molar-refractivity contribution in [2.45, 2.75) is 26.5 Å². The van der Waals surface area contributed by atoms with Gasteiger partial charge >= 0.3 is 0 Å². The molecule has 0 amide bonds. The Morgan fingerprint density at radius 1 is 1.47 bits per heavy atom. The van der Waals surface area contributed by atoms with E-state index >= 15 is 0 Å². The highest BCUT2D eigenvalue weighted by atomic mass is 19.1. The Labute approximate surface area is 111 Å². The number of hydrogen-bond donors (Lipinski definition) is 0. The zero-order chi connectivity index (χ0) is 13.8. The Kier molecular flexibility index (Phi) is 3.81. The average molecular weight is 259 g/mol. The van der Waals surface area contributed by atoms with Gasteiger partial charge in [-0.1, -0.05) is 0 Å². The van der Waals surface area contributed by atoms with Crippen molar-refractivity contribution in [2.24, 2.45) is 0 Å². The zero-order valence-electron chi connectivity index (χ0n) is 10.8. The molecule has 1 aromatic carbocycles. The molecule has 5 heteroatoms. The summed E-state index contributed by atoms with van der Waals surface area (Å²) in [4.78, 5) is 4.07. The lowest BCUT2D eigenvalue weighted by molar-refractivity contribution is 0.290. The molecule has 1 aromatic heterocycles. The molecule has 0 aliphatic heterocycles. The summed E-state index contributed by atoms with van der Waals surface area (Å²) in [6.45, 7) is 4.41. The van der Waals surface area contributed by atoms with Gasteiger partial charge in [0.25, 0.3) is 0 Å². The van der Waals surface area contributed by atoms with E-state index in [0.29, 0.717) is 18.4 Å². The summed E-state index contributed by atoms with van der Waals surface area (Å²) in [5, 5.41) is 8.64. The number of nitriles is 1. The molecule has 0 unspecified atom stereocenters. The number of halogens is 1. The third-order valence-corrected chi connectivity index (χ3v) is 2.75. The summed E-state index contributed by atoms with van der Waals surface area (Å²) in [5.41, 5.74) is 0.930. The molecule has 0 saturated carbocycles. The number of aromatic nitrogens is 2. The second-order valence-electron chi connectivity index (χ2n) is 4.43. The summed E-state index contributed by atoms with van der Waals surface area (Å²) in [5.74, 6) is -0.176. The summed E-state index contributed by atoms with van der Waals surface area (Å²) in [6.07, 6.45) is 3.46. The van der Waals surface area contributed by atoms with Crippen LogP contribution >= 0.6 is 0 Å². The van der Waals surface area contributed by atoms with Gasteiger partial charge in [0, 0.05) is 12.1 Å². The van der Waals surface area contributed by atoms with Crippen molar-refractivity contribution < 1.29 is 9.13 Å². The highest BCUT2D eigenvalue weighted by Gasteiger charge is 2.07. The maximum Gasteiger partial charge on any atom is 0.144 e. The largest absolute Gasteiger partial charge is 0.487 e. The van der Waals surface area contributed by atoms with Gasteiger partial charge in [0.1, 0.15) is 24.2 Å². The molecule has 0 aliphatic carbocycles. The Morgan fingerprint density at radius 2 is 2.26 bits per heavy atom. The van der Waals surface area contributed by atoms with Crippen LogP contribution in [0.25, 0.3) is 0 Å². The lowest BCUT2D eigenvalue weighted by atomic mass is 10.2. The number of nitrogens with zero attached hydrogens (tertiary/aromatic N) is 3. The standard InChI is InChI=1S/C14H14FN3O/c1-10(2)18-9-17-7-12(18)8-19-13-4-3-11(6-16)14(15)5-13/h3-5,7,9-10H,8H2,1-2H3. The molecule has 1 heterocycles. The number of rotatable bonds is 4. The third kappa shape index (κ3) is 2.91. The molecule has 2 aromatic rings. The van der Waals surface area contributed by atoms with E-state index in [1.807, 2.05) is 18.4 Å². The van der Waals surface area contributed by atoms with Crippen LogP contribution in [-0.4, -0.2) is 9.55 Å². The molecule has 0 bridgehead atoms. The molecule has 0 radical (unpaired) electrons. The highest BCUT2D eigenvalue weighted by molar-refractivity contribution is 5.36. The Balaban J connectivity index is 2.09. The Morgan fingerprint density at radius 3 is 2.89 bits per heavy atom. The van der Waals surface area contributed by atoms with E-state index in [1.165, 1.54) is 12.1 Å². The average Bonchev–Trinajstić information content (AvgIpc) is 2.85. The van der Waals surface area contributed by atoms with Crippen LogP contribution in [0.5, 0.6) is 5.75 Å². The van der Waals surface area contributed by atoms with Crippen molar-refractivity contribution in [1.29, 1.82) is 5.26 Å². The molecule has 19 heavy (non-hydrogen) atoms. The van der Waals surface area contributed by atoms with Crippen LogP contribution in [0.3, 0.4) is 0 Å². The summed E-state index contributed by atoms with van der Waals surface area (Å²) in [7, 11) is 0. The quantitative estimate of drug-likeness (QED) is 0.847. The maximum atomic E-state index is 13.4. The van der Waals surface area contributed by atoms with Gasteiger partial charge in [-0.15, -0.1) is 0 Å². The summed E-state index contributed by atoms with van der Waals surface area (Å²) < 4.78 is 20.9. The maximum absolute atomic E-state index is 13.4. The van der Waals surface area contributed by atoms with Gasteiger partial charge in [-0.3, -0.25) is 0 Å². The van der Waals surface area contributed by atoms with E-state index in [0.717, 1.165) is 5.69 Å². The second-order valence-corrected chi connectivity index (χ2v) is 4.43. The molecular weight excluding hydrogens is 245 g/mol. The van der Waals surface area contributed by atoms with E-state index in [-0.39, 0.29) is 5.56 Å². The highest BCUT2D eigenvalue weighted by Crippen LogP contribution is 2.18. The molecule has 2 rings (SSSR count). The van der Waals surface area contributed by atoms with Crippen molar-refractivity contribution in [3.05, 3.63) is 47.8 Å². The van der Waals surface area contributed by atoms with Crippen LogP contribution in [0.4, 0.5) is 4.39 Å². The van der Waals surface area contributed by atoms with Crippen LogP contribution in [-0.2, 0) is 6.61 Å². The van der Waals surface area contributed by atoms with Gasteiger partial charge in [0.2, 0.25) is 0 Å². The number of benzene rings is 1. The van der Waals surface area contributed by atoms with Crippen molar-refractivity contribution >= 4 is 0 Å². The first-order chi connectivity index (χ1) is 9.11. The topological polar surface area (TPSA) is 50.8 Å². The van der Waals surface area contributed by atoms with Crippen molar-refractivity contribution in [3.63, 3.8) is 0 Å². The van der Waals surface area contributed by atoms with Crippen LogP contribution in [0.15, 0.2) is 30.7 Å². The van der Waals surface area contributed by atoms with E-state index in [4.69, 9.17) is 10.00 Å². The fourth-order valence-corrected chi connectivity index (χ4v) is 1.74. The van der Waals surface area contributed by atoms with Crippen LogP contribution in [0, 0.1) is 17.1 Å². The molecule has 0 spiro atoms. The van der Waals surface area contributed by atoms with Gasteiger partial charge in [-0.05, 0) is 26.0 Å². The lowest BCUT2D eigenvalue weighted by Gasteiger charge is -2.12. The number of imidazole rings is 1. The summed E-state index contributed by atoms with van der Waals surface area (Å²) >= 11 is 0. The Hall–Kier alpha value is -2.35. The van der Waals surface area contributed by atoms with Gasteiger partial charge in [0.15, 0.2) is 0 Å². The minimum atomic E-state index is -0.572. The van der Waals surface area contributed by atoms with Gasteiger partial charge in [-0.25, -0.2) is 9.37 Å². The molecule has 0 fully saturated rings. The SMILES string of the molecule is CC(C)n1cncc1COc1ccc(C#N)c(F)c1. The first-order valence-corrected chi connectivity index (χ1v) is 5.95. The van der Waals surface area contributed by atoms with Gasteiger partial charge in [-0.2, -0.15) is 5.26 Å². The first kappa shape index (κ1) is 13.1. The number of hydrogen-bond acceptors (Lipinski definition) is 3. The van der Waals surface area contributed by atoms with E-state index < -0.39 is 5.82 Å². The van der Waals surface area contributed by atoms with Gasteiger partial charge < -0.3 is 9.30 Å². The first-order valence-electron chi connectivity index (χ1n) is 5.95. The molecule has 0 atom stereocenters. The van der Waals surface area contributed by atoms with Crippen LogP contribution in [0.1, 0.15) is 31.1 Å². The zero-order valence-corrected chi connectivity index (χ0v) is 10.8. The predicted molar refractivity (Wildman–Crippen MR) is 68.1 cm³/mol. The summed E-state index contributed by atoms with van der Waals surface area (Å²) in [6, 6.07) is 6.27. The fraction of sp³-hybridized carbons (Fsp3) is 0.286. The van der Waals surface area contributed by atoms with Crippen LogP contribution < -0.4 is 4.74 Å². The second kappa shape index (κ2) is 5.53. The monoisotopic (exact) mass is 259 g/mol. The normalized spacial score (nSPS) is 10.5. The molecule has 0 saturated heterocycles. The number of ether oxygens (including phenoxy) is 1. The van der Waals surface area contributed by atoms with E-state index in [9.17, 15) is 4.39 Å². The third-order valence-electron chi connectivity index (χ3n) is 2.75. The van der Waals surface area contributed by atoms with Crippen molar-refractivity contribution in [2.75, 3.05) is 0 Å². The van der Waals surface area contributed by atoms with Crippen molar-refractivity contribution in [1.82, 2.24) is 9.55 Å². The molecule has 0 aliphatic rings. The van der Waals surface area contributed by atoms with E-state index in [2.05, 4.69) is 4.98 Å². The van der Waals surface area contributed by atoms with Gasteiger partial charge in [0.05, 0.1) is 23.8 Å². The van der Waals surface area contributed by atoms with Crippen LogP contribution in [0.2, 0.25) is 0 Å². The minimum absolute atomic E-state index is 0.0135. The molecule has 98 valence electrons. The molecular formula is C14H14FN3O. The van der Waals surface area contributed by atoms with E-state index in [1.54, 1.807) is 24.7 Å². The predicted octanol–water partition coefficient (Wildman–Crippen LogP) is 3.05. The smallest absolute Gasteiger partial charge is 0.144 e. The fourth-order valence-electron chi connectivity index (χ4n) is 1.74. The minimum Gasteiger partial charge on any atom is -0.487 e. The lowest BCUT2D eigenvalue weighted by Crippen LogP contribution is -2.07. The van der Waals surface area contributed by atoms with Crippen molar-refractivity contribution in [3.8, 4) is 11.8 Å².